The van der Waals surface area contributed by atoms with E-state index in [9.17, 15) is 9.59 Å². The SMILES string of the molecule is CC(=O)c1cccc(OCC(=O)NC2CCCC2)c1. The van der Waals surface area contributed by atoms with Crippen molar-refractivity contribution in [3.05, 3.63) is 29.8 Å². The number of benzene rings is 1. The quantitative estimate of drug-likeness (QED) is 0.828. The summed E-state index contributed by atoms with van der Waals surface area (Å²) in [5.41, 5.74) is 0.591. The first kappa shape index (κ1) is 13.6. The maximum atomic E-state index is 11.7. The maximum absolute atomic E-state index is 11.7. The van der Waals surface area contributed by atoms with Crippen molar-refractivity contribution >= 4 is 11.7 Å². The number of hydrogen-bond donors (Lipinski definition) is 1. The summed E-state index contributed by atoms with van der Waals surface area (Å²) in [6, 6.07) is 7.19. The Bertz CT molecular complexity index is 464. The fourth-order valence-electron chi connectivity index (χ4n) is 2.29. The Morgan fingerprint density at radius 1 is 1.32 bits per heavy atom. The van der Waals surface area contributed by atoms with Gasteiger partial charge in [0.15, 0.2) is 12.4 Å². The van der Waals surface area contributed by atoms with Gasteiger partial charge >= 0.3 is 0 Å². The van der Waals surface area contributed by atoms with Gasteiger partial charge in [0.2, 0.25) is 0 Å². The number of hydrogen-bond acceptors (Lipinski definition) is 3. The molecule has 1 aromatic rings. The van der Waals surface area contributed by atoms with Gasteiger partial charge in [-0.2, -0.15) is 0 Å². The zero-order valence-electron chi connectivity index (χ0n) is 11.1. The van der Waals surface area contributed by atoms with Gasteiger partial charge in [-0.15, -0.1) is 0 Å². The number of carbonyl (C=O) groups excluding carboxylic acids is 2. The molecule has 4 heteroatoms. The van der Waals surface area contributed by atoms with Crippen LogP contribution in [0, 0.1) is 0 Å². The predicted octanol–water partition coefficient (Wildman–Crippen LogP) is 2.33. The van der Waals surface area contributed by atoms with Crippen LogP contribution in [0.5, 0.6) is 5.75 Å². The molecule has 0 aromatic heterocycles. The van der Waals surface area contributed by atoms with Crippen molar-refractivity contribution in [3.63, 3.8) is 0 Å². The second-order valence-corrected chi connectivity index (χ2v) is 4.92. The fraction of sp³-hybridized carbons (Fsp3) is 0.467. The standard InChI is InChI=1S/C15H19NO3/c1-11(17)12-5-4-8-14(9-12)19-10-15(18)16-13-6-2-3-7-13/h4-5,8-9,13H,2-3,6-7,10H2,1H3,(H,16,18). The number of ether oxygens (including phenoxy) is 1. The van der Waals surface area contributed by atoms with Crippen molar-refractivity contribution in [2.45, 2.75) is 38.6 Å². The van der Waals surface area contributed by atoms with Crippen molar-refractivity contribution in [3.8, 4) is 5.75 Å². The molecule has 0 atom stereocenters. The summed E-state index contributed by atoms with van der Waals surface area (Å²) in [7, 11) is 0. The molecule has 0 heterocycles. The highest BCUT2D eigenvalue weighted by Crippen LogP contribution is 2.17. The molecular weight excluding hydrogens is 242 g/mol. The molecular formula is C15H19NO3. The molecule has 1 saturated carbocycles. The van der Waals surface area contributed by atoms with Crippen molar-refractivity contribution in [2.75, 3.05) is 6.61 Å². The summed E-state index contributed by atoms with van der Waals surface area (Å²) in [6.07, 6.45) is 4.50. The molecule has 1 aromatic carbocycles. The number of amides is 1. The summed E-state index contributed by atoms with van der Waals surface area (Å²) in [5, 5.41) is 2.96. The molecule has 1 fully saturated rings. The minimum Gasteiger partial charge on any atom is -0.484 e. The molecule has 1 amide bonds. The second-order valence-electron chi connectivity index (χ2n) is 4.92. The van der Waals surface area contributed by atoms with Crippen LogP contribution in [0.15, 0.2) is 24.3 Å². The first-order valence-electron chi connectivity index (χ1n) is 6.68. The van der Waals surface area contributed by atoms with E-state index in [4.69, 9.17) is 4.74 Å². The Morgan fingerprint density at radius 3 is 2.74 bits per heavy atom. The van der Waals surface area contributed by atoms with E-state index in [-0.39, 0.29) is 18.3 Å². The van der Waals surface area contributed by atoms with Crippen LogP contribution in [-0.2, 0) is 4.79 Å². The van der Waals surface area contributed by atoms with E-state index in [0.717, 1.165) is 12.8 Å². The van der Waals surface area contributed by atoms with Crippen molar-refractivity contribution in [2.24, 2.45) is 0 Å². The lowest BCUT2D eigenvalue weighted by Gasteiger charge is -2.12. The van der Waals surface area contributed by atoms with Crippen LogP contribution in [0.25, 0.3) is 0 Å². The molecule has 1 aliphatic carbocycles. The molecule has 102 valence electrons. The third kappa shape index (κ3) is 4.09. The lowest BCUT2D eigenvalue weighted by molar-refractivity contribution is -0.123. The summed E-state index contributed by atoms with van der Waals surface area (Å²) in [5.74, 6) is 0.440. The predicted molar refractivity (Wildman–Crippen MR) is 72.3 cm³/mol. The third-order valence-electron chi connectivity index (χ3n) is 3.33. The van der Waals surface area contributed by atoms with Crippen LogP contribution in [0.1, 0.15) is 43.0 Å². The first-order valence-corrected chi connectivity index (χ1v) is 6.68. The number of rotatable bonds is 5. The molecule has 1 aliphatic rings. The Hall–Kier alpha value is -1.84. The van der Waals surface area contributed by atoms with Crippen LogP contribution in [0.3, 0.4) is 0 Å². The Balaban J connectivity index is 1.82. The van der Waals surface area contributed by atoms with E-state index < -0.39 is 0 Å². The minimum atomic E-state index is -0.0971. The number of Topliss-reactive ketones (excluding diaryl/α,β-unsaturated/α-hetero) is 1. The molecule has 0 spiro atoms. The van der Waals surface area contributed by atoms with Crippen LogP contribution >= 0.6 is 0 Å². The highest BCUT2D eigenvalue weighted by atomic mass is 16.5. The van der Waals surface area contributed by atoms with Crippen LogP contribution in [0.4, 0.5) is 0 Å². The number of nitrogens with one attached hydrogen (secondary N) is 1. The molecule has 0 unspecified atom stereocenters. The molecule has 0 saturated heterocycles. The molecule has 19 heavy (non-hydrogen) atoms. The van der Waals surface area contributed by atoms with Gasteiger partial charge in [0.05, 0.1) is 0 Å². The lowest BCUT2D eigenvalue weighted by atomic mass is 10.1. The van der Waals surface area contributed by atoms with Crippen molar-refractivity contribution in [1.29, 1.82) is 0 Å². The van der Waals surface area contributed by atoms with E-state index in [1.807, 2.05) is 0 Å². The minimum absolute atomic E-state index is 0.00212. The van der Waals surface area contributed by atoms with Gasteiger partial charge in [0.25, 0.3) is 5.91 Å². The average Bonchev–Trinajstić information content (AvgIpc) is 2.89. The zero-order valence-corrected chi connectivity index (χ0v) is 11.1. The average molecular weight is 261 g/mol. The van der Waals surface area contributed by atoms with Gasteiger partial charge in [-0.25, -0.2) is 0 Å². The molecule has 2 rings (SSSR count). The lowest BCUT2D eigenvalue weighted by Crippen LogP contribution is -2.36. The van der Waals surface area contributed by atoms with Crippen LogP contribution in [-0.4, -0.2) is 24.3 Å². The normalized spacial score (nSPS) is 15.2. The van der Waals surface area contributed by atoms with Gasteiger partial charge in [0.1, 0.15) is 5.75 Å². The number of ketones is 1. The highest BCUT2D eigenvalue weighted by Gasteiger charge is 2.17. The second kappa shape index (κ2) is 6.36. The summed E-state index contributed by atoms with van der Waals surface area (Å²) in [4.78, 5) is 22.9. The molecule has 4 nitrogen and oxygen atoms in total. The molecule has 0 radical (unpaired) electrons. The fourth-order valence-corrected chi connectivity index (χ4v) is 2.29. The zero-order chi connectivity index (χ0) is 13.7. The maximum Gasteiger partial charge on any atom is 0.258 e. The summed E-state index contributed by atoms with van der Waals surface area (Å²) < 4.78 is 5.40. The van der Waals surface area contributed by atoms with Gasteiger partial charge in [-0.3, -0.25) is 9.59 Å². The highest BCUT2D eigenvalue weighted by molar-refractivity contribution is 5.94. The molecule has 0 aliphatic heterocycles. The van der Waals surface area contributed by atoms with Gasteiger partial charge in [-0.05, 0) is 31.9 Å². The van der Waals surface area contributed by atoms with E-state index in [2.05, 4.69) is 5.32 Å². The Kier molecular flexibility index (Phi) is 4.55. The van der Waals surface area contributed by atoms with Gasteiger partial charge in [-0.1, -0.05) is 25.0 Å². The number of carbonyl (C=O) groups is 2. The van der Waals surface area contributed by atoms with Gasteiger partial charge < -0.3 is 10.1 Å². The van der Waals surface area contributed by atoms with E-state index in [1.165, 1.54) is 19.8 Å². The summed E-state index contributed by atoms with van der Waals surface area (Å²) >= 11 is 0. The molecule has 1 N–H and O–H groups in total. The van der Waals surface area contributed by atoms with Crippen LogP contribution < -0.4 is 10.1 Å². The van der Waals surface area contributed by atoms with E-state index >= 15 is 0 Å². The first-order chi connectivity index (χ1) is 9.15. The van der Waals surface area contributed by atoms with Crippen LogP contribution in [0.2, 0.25) is 0 Å². The van der Waals surface area contributed by atoms with Gasteiger partial charge in [0, 0.05) is 11.6 Å². The Labute approximate surface area is 113 Å². The largest absolute Gasteiger partial charge is 0.484 e. The third-order valence-corrected chi connectivity index (χ3v) is 3.33. The smallest absolute Gasteiger partial charge is 0.258 e. The van der Waals surface area contributed by atoms with E-state index in [1.54, 1.807) is 24.3 Å². The molecule has 0 bridgehead atoms. The van der Waals surface area contributed by atoms with Crippen molar-refractivity contribution < 1.29 is 14.3 Å². The topological polar surface area (TPSA) is 55.4 Å². The monoisotopic (exact) mass is 261 g/mol. The van der Waals surface area contributed by atoms with E-state index in [0.29, 0.717) is 17.4 Å². The van der Waals surface area contributed by atoms with Crippen molar-refractivity contribution in [1.82, 2.24) is 5.32 Å². The Morgan fingerprint density at radius 2 is 2.05 bits per heavy atom. The summed E-state index contributed by atoms with van der Waals surface area (Å²) in [6.45, 7) is 1.50.